The van der Waals surface area contributed by atoms with Crippen LogP contribution in [0.15, 0.2) is 35.6 Å². The number of rotatable bonds is 1. The zero-order chi connectivity index (χ0) is 9.14. The van der Waals surface area contributed by atoms with Gasteiger partial charge in [-0.05, 0) is 31.4 Å². The maximum absolute atomic E-state index is 9.40. The fourth-order valence-corrected chi connectivity index (χ4v) is 1.47. The van der Waals surface area contributed by atoms with Crippen LogP contribution in [0.1, 0.15) is 20.3 Å². The monoisotopic (exact) mass is 165 g/mol. The van der Waals surface area contributed by atoms with Gasteiger partial charge in [-0.15, -0.1) is 0 Å². The van der Waals surface area contributed by atoms with Gasteiger partial charge in [-0.2, -0.15) is 0 Å². The second kappa shape index (κ2) is 3.59. The maximum atomic E-state index is 9.40. The fraction of sp³-hybridized carbons (Fsp3) is 0.400. The Morgan fingerprint density at radius 1 is 1.67 bits per heavy atom. The Morgan fingerprint density at radius 2 is 2.33 bits per heavy atom. The Labute approximate surface area is 73.5 Å². The summed E-state index contributed by atoms with van der Waals surface area (Å²) in [5, 5.41) is 10.7. The molecule has 0 radical (unpaired) electrons. The molecule has 66 valence electrons. The molecule has 0 atom stereocenters. The van der Waals surface area contributed by atoms with Crippen LogP contribution in [-0.2, 0) is 0 Å². The number of allylic oxidation sites excluding steroid dienone is 4. The summed E-state index contributed by atoms with van der Waals surface area (Å²) < 4.78 is 0. The molecule has 0 aliphatic carbocycles. The topological polar surface area (TPSA) is 23.5 Å². The Bertz CT molecular complexity index is 251. The summed E-state index contributed by atoms with van der Waals surface area (Å²) in [5.74, 6) is 0. The van der Waals surface area contributed by atoms with Crippen LogP contribution < -0.4 is 0 Å². The molecule has 0 aromatic heterocycles. The molecule has 2 heteroatoms. The van der Waals surface area contributed by atoms with E-state index in [2.05, 4.69) is 6.58 Å². The second-order valence-corrected chi connectivity index (χ2v) is 2.91. The molecule has 1 rings (SSSR count). The summed E-state index contributed by atoms with van der Waals surface area (Å²) in [7, 11) is 0. The van der Waals surface area contributed by atoms with Crippen molar-refractivity contribution in [2.24, 2.45) is 0 Å². The Balaban J connectivity index is 3.03. The van der Waals surface area contributed by atoms with Crippen LogP contribution in [0, 0.1) is 0 Å². The summed E-state index contributed by atoms with van der Waals surface area (Å²) >= 11 is 0. The molecule has 1 aliphatic heterocycles. The molecular formula is C10H15NO. The van der Waals surface area contributed by atoms with Gasteiger partial charge < -0.3 is 0 Å². The Hall–Kier alpha value is -1.02. The van der Waals surface area contributed by atoms with Gasteiger partial charge in [0, 0.05) is 6.54 Å². The average Bonchev–Trinajstić information content (AvgIpc) is 2.45. The first-order valence-electron chi connectivity index (χ1n) is 4.16. The van der Waals surface area contributed by atoms with Crippen molar-refractivity contribution < 1.29 is 5.21 Å². The van der Waals surface area contributed by atoms with Crippen molar-refractivity contribution in [2.75, 3.05) is 6.54 Å². The molecule has 0 aromatic rings. The van der Waals surface area contributed by atoms with Crippen molar-refractivity contribution in [3.63, 3.8) is 0 Å². The molecule has 1 N–H and O–H groups in total. The molecular weight excluding hydrogens is 150 g/mol. The van der Waals surface area contributed by atoms with Crippen LogP contribution in [0.4, 0.5) is 0 Å². The third-order valence-electron chi connectivity index (χ3n) is 2.22. The van der Waals surface area contributed by atoms with Crippen molar-refractivity contribution >= 4 is 0 Å². The minimum atomic E-state index is 0.695. The van der Waals surface area contributed by atoms with Crippen LogP contribution >= 0.6 is 0 Å². The Morgan fingerprint density at radius 3 is 2.83 bits per heavy atom. The van der Waals surface area contributed by atoms with Crippen molar-refractivity contribution in [1.29, 1.82) is 0 Å². The van der Waals surface area contributed by atoms with Gasteiger partial charge in [-0.25, -0.2) is 0 Å². The van der Waals surface area contributed by atoms with Crippen LogP contribution in [0.2, 0.25) is 0 Å². The second-order valence-electron chi connectivity index (χ2n) is 2.91. The van der Waals surface area contributed by atoms with Gasteiger partial charge in [0.1, 0.15) is 0 Å². The van der Waals surface area contributed by atoms with Crippen molar-refractivity contribution in [2.45, 2.75) is 20.3 Å². The zero-order valence-corrected chi connectivity index (χ0v) is 7.67. The number of hydrogen-bond donors (Lipinski definition) is 1. The summed E-state index contributed by atoms with van der Waals surface area (Å²) in [6.07, 6.45) is 4.67. The van der Waals surface area contributed by atoms with Gasteiger partial charge in [-0.3, -0.25) is 10.3 Å². The first-order valence-corrected chi connectivity index (χ1v) is 4.16. The van der Waals surface area contributed by atoms with Gasteiger partial charge >= 0.3 is 0 Å². The third-order valence-corrected chi connectivity index (χ3v) is 2.22. The molecule has 0 saturated carbocycles. The normalized spacial score (nSPS) is 24.9. The van der Waals surface area contributed by atoms with Gasteiger partial charge in [0.25, 0.3) is 0 Å². The minimum absolute atomic E-state index is 0.695. The molecule has 1 heterocycles. The molecule has 1 aliphatic rings. The van der Waals surface area contributed by atoms with E-state index in [1.165, 1.54) is 10.6 Å². The van der Waals surface area contributed by atoms with E-state index in [0.29, 0.717) is 6.54 Å². The highest BCUT2D eigenvalue weighted by atomic mass is 16.5. The summed E-state index contributed by atoms with van der Waals surface area (Å²) in [6.45, 7) is 8.36. The summed E-state index contributed by atoms with van der Waals surface area (Å²) in [6, 6.07) is 0. The average molecular weight is 165 g/mol. The standard InChI is InChI=1S/C10H15NO/c1-4-8(3)9-6-7-11(12)10(9)5-2/h4-5,12H,1,6-7H2,2-3H3/b9-8-,10-5+. The Kier molecular flexibility index (Phi) is 2.71. The van der Waals surface area contributed by atoms with E-state index in [-0.39, 0.29) is 0 Å². The van der Waals surface area contributed by atoms with Gasteiger partial charge in [-0.1, -0.05) is 18.7 Å². The van der Waals surface area contributed by atoms with Crippen LogP contribution in [0.5, 0.6) is 0 Å². The van der Waals surface area contributed by atoms with E-state index in [1.807, 2.05) is 26.0 Å². The minimum Gasteiger partial charge on any atom is -0.288 e. The predicted octanol–water partition coefficient (Wildman–Crippen LogP) is 2.49. The lowest BCUT2D eigenvalue weighted by Crippen LogP contribution is -2.11. The van der Waals surface area contributed by atoms with Gasteiger partial charge in [0.15, 0.2) is 0 Å². The molecule has 1 saturated heterocycles. The van der Waals surface area contributed by atoms with Crippen LogP contribution in [0.25, 0.3) is 0 Å². The fourth-order valence-electron chi connectivity index (χ4n) is 1.47. The van der Waals surface area contributed by atoms with Crippen LogP contribution in [-0.4, -0.2) is 16.8 Å². The summed E-state index contributed by atoms with van der Waals surface area (Å²) in [4.78, 5) is 0. The lowest BCUT2D eigenvalue weighted by atomic mass is 10.1. The van der Waals surface area contributed by atoms with Gasteiger partial charge in [0.05, 0.1) is 5.70 Å². The largest absolute Gasteiger partial charge is 0.288 e. The molecule has 12 heavy (non-hydrogen) atoms. The molecule has 0 spiro atoms. The van der Waals surface area contributed by atoms with E-state index in [4.69, 9.17) is 0 Å². The molecule has 0 amide bonds. The summed E-state index contributed by atoms with van der Waals surface area (Å²) in [5.41, 5.74) is 3.28. The highest BCUT2D eigenvalue weighted by Crippen LogP contribution is 2.28. The molecule has 0 unspecified atom stereocenters. The number of hydrogen-bond acceptors (Lipinski definition) is 2. The lowest BCUT2D eigenvalue weighted by molar-refractivity contribution is -0.0380. The van der Waals surface area contributed by atoms with Crippen molar-refractivity contribution in [1.82, 2.24) is 5.06 Å². The van der Waals surface area contributed by atoms with E-state index in [1.54, 1.807) is 0 Å². The zero-order valence-electron chi connectivity index (χ0n) is 7.67. The molecule has 2 nitrogen and oxygen atoms in total. The maximum Gasteiger partial charge on any atom is 0.0626 e. The van der Waals surface area contributed by atoms with Crippen LogP contribution in [0.3, 0.4) is 0 Å². The quantitative estimate of drug-likeness (QED) is 0.645. The molecule has 0 bridgehead atoms. The van der Waals surface area contributed by atoms with E-state index in [0.717, 1.165) is 17.7 Å². The van der Waals surface area contributed by atoms with E-state index >= 15 is 0 Å². The SMILES string of the molecule is C=C/C(C)=C1/CCN(O)/C1=C/C. The first kappa shape index (κ1) is 9.07. The molecule has 1 fully saturated rings. The third kappa shape index (κ3) is 1.43. The highest BCUT2D eigenvalue weighted by Gasteiger charge is 2.20. The van der Waals surface area contributed by atoms with E-state index < -0.39 is 0 Å². The lowest BCUT2D eigenvalue weighted by Gasteiger charge is -2.10. The number of hydroxylamine groups is 2. The van der Waals surface area contributed by atoms with Crippen molar-refractivity contribution in [3.05, 3.63) is 35.6 Å². The van der Waals surface area contributed by atoms with E-state index in [9.17, 15) is 5.21 Å². The highest BCUT2D eigenvalue weighted by molar-refractivity contribution is 5.39. The number of nitrogens with zero attached hydrogens (tertiary/aromatic N) is 1. The van der Waals surface area contributed by atoms with Crippen molar-refractivity contribution in [3.8, 4) is 0 Å². The first-order chi connectivity index (χ1) is 5.70. The predicted molar refractivity (Wildman–Crippen MR) is 49.8 cm³/mol. The van der Waals surface area contributed by atoms with Gasteiger partial charge in [0.2, 0.25) is 0 Å². The smallest absolute Gasteiger partial charge is 0.0626 e. The molecule has 0 aromatic carbocycles.